The molecule has 152 valence electrons. The van der Waals surface area contributed by atoms with Gasteiger partial charge in [-0.05, 0) is 42.5 Å². The number of hydrogen-bond acceptors (Lipinski definition) is 4. The zero-order valence-electron chi connectivity index (χ0n) is 15.5. The van der Waals surface area contributed by atoms with Crippen molar-refractivity contribution in [1.82, 2.24) is 9.78 Å². The van der Waals surface area contributed by atoms with Gasteiger partial charge in [0.15, 0.2) is 6.04 Å². The lowest BCUT2D eigenvalue weighted by atomic mass is 10.1. The zero-order valence-corrected chi connectivity index (χ0v) is 16.3. The van der Waals surface area contributed by atoms with Crippen molar-refractivity contribution >= 4 is 23.1 Å². The third-order valence-electron chi connectivity index (χ3n) is 4.73. The Morgan fingerprint density at radius 3 is 2.90 bits per heavy atom. The standard InChI is InChI=1S/C20H18F3N3O2S/c1-13-3-2-4-15(9-13)28-11-14-10-16(29-12-14)19(27)25-8-6-17(20(21,22)23)26-18(25)5-7-24-26/h2-5,7,9-10,12,17H,6,8,11H2,1H3. The van der Waals surface area contributed by atoms with Crippen molar-refractivity contribution in [2.45, 2.75) is 32.2 Å². The monoisotopic (exact) mass is 421 g/mol. The fraction of sp³-hybridized carbons (Fsp3) is 0.300. The van der Waals surface area contributed by atoms with Crippen molar-refractivity contribution in [1.29, 1.82) is 0 Å². The molecule has 0 spiro atoms. The third-order valence-corrected chi connectivity index (χ3v) is 5.70. The summed E-state index contributed by atoms with van der Waals surface area (Å²) < 4.78 is 46.3. The fourth-order valence-corrected chi connectivity index (χ4v) is 4.17. The van der Waals surface area contributed by atoms with Crippen LogP contribution in [0.25, 0.3) is 0 Å². The van der Waals surface area contributed by atoms with Gasteiger partial charge in [0.05, 0.1) is 11.1 Å². The summed E-state index contributed by atoms with van der Waals surface area (Å²) in [6.07, 6.45) is -3.34. The molecule has 5 nitrogen and oxygen atoms in total. The van der Waals surface area contributed by atoms with Crippen LogP contribution in [0.3, 0.4) is 0 Å². The summed E-state index contributed by atoms with van der Waals surface area (Å²) in [6, 6.07) is 9.10. The van der Waals surface area contributed by atoms with Crippen molar-refractivity contribution in [2.75, 3.05) is 11.4 Å². The number of carbonyl (C=O) groups is 1. The van der Waals surface area contributed by atoms with Crippen molar-refractivity contribution < 1.29 is 22.7 Å². The van der Waals surface area contributed by atoms with Crippen LogP contribution in [0.15, 0.2) is 48.0 Å². The van der Waals surface area contributed by atoms with Gasteiger partial charge in [-0.1, -0.05) is 12.1 Å². The first kappa shape index (κ1) is 19.5. The summed E-state index contributed by atoms with van der Waals surface area (Å²) in [5.41, 5.74) is 1.92. The molecule has 3 aromatic rings. The van der Waals surface area contributed by atoms with E-state index in [0.717, 1.165) is 21.6 Å². The molecule has 0 aliphatic carbocycles. The number of anilines is 1. The molecule has 1 atom stereocenters. The molecule has 4 rings (SSSR count). The largest absolute Gasteiger partial charge is 0.489 e. The first-order valence-electron chi connectivity index (χ1n) is 9.02. The molecule has 0 fully saturated rings. The molecule has 1 aromatic carbocycles. The van der Waals surface area contributed by atoms with E-state index in [9.17, 15) is 18.0 Å². The van der Waals surface area contributed by atoms with Gasteiger partial charge in [-0.2, -0.15) is 18.3 Å². The number of amides is 1. The van der Waals surface area contributed by atoms with Crippen LogP contribution in [0.4, 0.5) is 19.0 Å². The van der Waals surface area contributed by atoms with E-state index in [4.69, 9.17) is 4.74 Å². The second kappa shape index (κ2) is 7.55. The van der Waals surface area contributed by atoms with Crippen LogP contribution in [0.5, 0.6) is 5.75 Å². The summed E-state index contributed by atoms with van der Waals surface area (Å²) in [4.78, 5) is 14.7. The maximum atomic E-state index is 13.2. The molecule has 0 radical (unpaired) electrons. The Morgan fingerprint density at radius 1 is 1.31 bits per heavy atom. The van der Waals surface area contributed by atoms with E-state index in [1.807, 2.05) is 36.6 Å². The smallest absolute Gasteiger partial charge is 0.410 e. The van der Waals surface area contributed by atoms with Crippen LogP contribution in [0.1, 0.15) is 33.3 Å². The van der Waals surface area contributed by atoms with Gasteiger partial charge in [0.25, 0.3) is 5.91 Å². The third kappa shape index (κ3) is 4.00. The number of carbonyl (C=O) groups excluding carboxylic acids is 1. The predicted molar refractivity (Wildman–Crippen MR) is 103 cm³/mol. The Kier molecular flexibility index (Phi) is 5.08. The molecule has 0 N–H and O–H groups in total. The number of aryl methyl sites for hydroxylation is 1. The minimum Gasteiger partial charge on any atom is -0.489 e. The summed E-state index contributed by atoms with van der Waals surface area (Å²) in [5.74, 6) is 0.566. The topological polar surface area (TPSA) is 47.4 Å². The Balaban J connectivity index is 1.48. The zero-order chi connectivity index (χ0) is 20.6. The number of ether oxygens (including phenoxy) is 1. The molecule has 0 bridgehead atoms. The van der Waals surface area contributed by atoms with Crippen molar-refractivity contribution in [3.8, 4) is 5.75 Å². The maximum absolute atomic E-state index is 13.2. The lowest BCUT2D eigenvalue weighted by Crippen LogP contribution is -2.42. The second-order valence-corrected chi connectivity index (χ2v) is 7.77. The Bertz CT molecular complexity index is 1030. The molecule has 29 heavy (non-hydrogen) atoms. The lowest BCUT2D eigenvalue weighted by Gasteiger charge is -2.33. The van der Waals surface area contributed by atoms with Gasteiger partial charge in [-0.15, -0.1) is 11.3 Å². The first-order chi connectivity index (χ1) is 13.8. The molecular weight excluding hydrogens is 403 g/mol. The van der Waals surface area contributed by atoms with E-state index in [-0.39, 0.29) is 24.7 Å². The highest BCUT2D eigenvalue weighted by atomic mass is 32.1. The molecule has 2 aromatic heterocycles. The molecule has 1 aliphatic rings. The molecule has 1 amide bonds. The Labute approximate surface area is 169 Å². The van der Waals surface area contributed by atoms with E-state index < -0.39 is 12.2 Å². The summed E-state index contributed by atoms with van der Waals surface area (Å²) in [5, 5.41) is 5.61. The van der Waals surface area contributed by atoms with Crippen LogP contribution in [-0.4, -0.2) is 28.4 Å². The van der Waals surface area contributed by atoms with Crippen LogP contribution < -0.4 is 9.64 Å². The summed E-state index contributed by atoms with van der Waals surface area (Å²) in [6.45, 7) is 2.27. The number of benzene rings is 1. The van der Waals surface area contributed by atoms with Crippen LogP contribution in [-0.2, 0) is 6.61 Å². The Morgan fingerprint density at radius 2 is 2.14 bits per heavy atom. The molecule has 0 saturated carbocycles. The van der Waals surface area contributed by atoms with Crippen molar-refractivity contribution in [3.05, 3.63) is 64.0 Å². The van der Waals surface area contributed by atoms with Gasteiger partial charge in [0, 0.05) is 18.2 Å². The summed E-state index contributed by atoms with van der Waals surface area (Å²) >= 11 is 1.25. The number of alkyl halides is 3. The van der Waals surface area contributed by atoms with E-state index in [1.165, 1.54) is 28.5 Å². The van der Waals surface area contributed by atoms with E-state index in [2.05, 4.69) is 5.10 Å². The number of rotatable bonds is 4. The molecular formula is C20H18F3N3O2S. The average Bonchev–Trinajstić information content (AvgIpc) is 3.34. The fourth-order valence-electron chi connectivity index (χ4n) is 3.33. The number of aromatic nitrogens is 2. The highest BCUT2D eigenvalue weighted by Gasteiger charge is 2.45. The minimum absolute atomic E-state index is 0.0122. The molecule has 1 aliphatic heterocycles. The van der Waals surface area contributed by atoms with Gasteiger partial charge in [0.2, 0.25) is 0 Å². The number of fused-ring (bicyclic) bond motifs is 1. The van der Waals surface area contributed by atoms with Gasteiger partial charge in [0.1, 0.15) is 18.2 Å². The molecule has 9 heteroatoms. The van der Waals surface area contributed by atoms with Gasteiger partial charge in [-0.3, -0.25) is 9.69 Å². The number of hydrogen-bond donors (Lipinski definition) is 0. The number of nitrogens with zero attached hydrogens (tertiary/aromatic N) is 3. The van der Waals surface area contributed by atoms with Crippen molar-refractivity contribution in [3.63, 3.8) is 0 Å². The van der Waals surface area contributed by atoms with Gasteiger partial charge in [-0.25, -0.2) is 4.68 Å². The highest BCUT2D eigenvalue weighted by molar-refractivity contribution is 7.12. The number of halogens is 3. The lowest BCUT2D eigenvalue weighted by molar-refractivity contribution is -0.172. The van der Waals surface area contributed by atoms with Crippen LogP contribution >= 0.6 is 11.3 Å². The Hall–Kier alpha value is -2.81. The predicted octanol–water partition coefficient (Wildman–Crippen LogP) is 4.99. The highest BCUT2D eigenvalue weighted by Crippen LogP contribution is 2.39. The SMILES string of the molecule is Cc1cccc(OCc2csc(C(=O)N3CCC(C(F)(F)F)n4nccc43)c2)c1. The maximum Gasteiger partial charge on any atom is 0.410 e. The minimum atomic E-state index is -4.40. The molecule has 0 saturated heterocycles. The normalized spacial score (nSPS) is 16.6. The van der Waals surface area contributed by atoms with Crippen LogP contribution in [0.2, 0.25) is 0 Å². The number of thiophene rings is 1. The van der Waals surface area contributed by atoms with E-state index >= 15 is 0 Å². The van der Waals surface area contributed by atoms with E-state index in [1.54, 1.807) is 6.07 Å². The second-order valence-electron chi connectivity index (χ2n) is 6.86. The molecule has 3 heterocycles. The van der Waals surface area contributed by atoms with Gasteiger partial charge < -0.3 is 4.74 Å². The quantitative estimate of drug-likeness (QED) is 0.597. The van der Waals surface area contributed by atoms with Crippen molar-refractivity contribution in [2.24, 2.45) is 0 Å². The van der Waals surface area contributed by atoms with E-state index in [0.29, 0.717) is 11.5 Å². The van der Waals surface area contributed by atoms with Crippen LogP contribution in [0, 0.1) is 6.92 Å². The first-order valence-corrected chi connectivity index (χ1v) is 9.90. The summed E-state index contributed by atoms with van der Waals surface area (Å²) in [7, 11) is 0. The molecule has 1 unspecified atom stereocenters. The van der Waals surface area contributed by atoms with Gasteiger partial charge >= 0.3 is 6.18 Å². The average molecular weight is 421 g/mol.